The molecule has 152 valence electrons. The first-order valence-electron chi connectivity index (χ1n) is 10.3. The topological polar surface area (TPSA) is 92.4 Å². The first-order chi connectivity index (χ1) is 14.1. The summed E-state index contributed by atoms with van der Waals surface area (Å²) >= 11 is 0. The number of amides is 2. The van der Waals surface area contributed by atoms with Gasteiger partial charge in [-0.3, -0.25) is 9.59 Å². The minimum absolute atomic E-state index is 0.0490. The number of rotatable bonds is 4. The SMILES string of the molecule is NC(=O)C1CCN(C(=O)C2CCN(c3ccc(-c4ccccc4)nn3)CC2)CC1. The van der Waals surface area contributed by atoms with E-state index in [0.717, 1.165) is 43.0 Å². The molecule has 0 atom stereocenters. The predicted molar refractivity (Wildman–Crippen MR) is 111 cm³/mol. The van der Waals surface area contributed by atoms with Crippen LogP contribution in [0.5, 0.6) is 0 Å². The zero-order valence-electron chi connectivity index (χ0n) is 16.5. The van der Waals surface area contributed by atoms with E-state index in [9.17, 15) is 9.59 Å². The van der Waals surface area contributed by atoms with Gasteiger partial charge in [0.2, 0.25) is 11.8 Å². The molecule has 2 aliphatic heterocycles. The second-order valence-electron chi connectivity index (χ2n) is 7.91. The Morgan fingerprint density at radius 1 is 0.828 bits per heavy atom. The van der Waals surface area contributed by atoms with Crippen molar-refractivity contribution in [3.8, 4) is 11.3 Å². The largest absolute Gasteiger partial charge is 0.369 e. The molecule has 29 heavy (non-hydrogen) atoms. The number of carbonyl (C=O) groups excluding carboxylic acids is 2. The van der Waals surface area contributed by atoms with Gasteiger partial charge in [-0.2, -0.15) is 0 Å². The maximum absolute atomic E-state index is 12.8. The van der Waals surface area contributed by atoms with Crippen molar-refractivity contribution < 1.29 is 9.59 Å². The fourth-order valence-corrected chi connectivity index (χ4v) is 4.25. The summed E-state index contributed by atoms with van der Waals surface area (Å²) in [5, 5.41) is 8.77. The van der Waals surface area contributed by atoms with Crippen LogP contribution in [-0.2, 0) is 9.59 Å². The molecule has 4 rings (SSSR count). The van der Waals surface area contributed by atoms with Crippen LogP contribution in [0.2, 0.25) is 0 Å². The molecule has 7 nitrogen and oxygen atoms in total. The first-order valence-corrected chi connectivity index (χ1v) is 10.3. The molecule has 2 fully saturated rings. The Balaban J connectivity index is 1.30. The normalized spacial score (nSPS) is 18.6. The van der Waals surface area contributed by atoms with E-state index < -0.39 is 0 Å². The van der Waals surface area contributed by atoms with Crippen molar-refractivity contribution in [2.45, 2.75) is 25.7 Å². The van der Waals surface area contributed by atoms with Crippen LogP contribution < -0.4 is 10.6 Å². The third-order valence-corrected chi connectivity index (χ3v) is 6.10. The summed E-state index contributed by atoms with van der Waals surface area (Å²) in [6, 6.07) is 14.0. The number of nitrogens with two attached hydrogens (primary N) is 1. The zero-order valence-corrected chi connectivity index (χ0v) is 16.5. The van der Waals surface area contributed by atoms with E-state index in [0.29, 0.717) is 25.9 Å². The molecule has 2 amide bonds. The predicted octanol–water partition coefficient (Wildman–Crippen LogP) is 2.08. The number of benzene rings is 1. The average Bonchev–Trinajstić information content (AvgIpc) is 2.79. The van der Waals surface area contributed by atoms with Gasteiger partial charge in [0.05, 0.1) is 5.69 Å². The van der Waals surface area contributed by atoms with Crippen LogP contribution in [0.25, 0.3) is 11.3 Å². The Kier molecular flexibility index (Phi) is 5.74. The molecule has 0 unspecified atom stereocenters. The molecule has 0 bridgehead atoms. The van der Waals surface area contributed by atoms with E-state index in [1.54, 1.807) is 0 Å². The van der Waals surface area contributed by atoms with Crippen molar-refractivity contribution in [3.63, 3.8) is 0 Å². The van der Waals surface area contributed by atoms with Crippen LogP contribution in [-0.4, -0.2) is 53.1 Å². The Hall–Kier alpha value is -2.96. The Labute approximate surface area is 170 Å². The number of hydrogen-bond acceptors (Lipinski definition) is 5. The summed E-state index contributed by atoms with van der Waals surface area (Å²) in [7, 11) is 0. The van der Waals surface area contributed by atoms with Crippen molar-refractivity contribution in [1.29, 1.82) is 0 Å². The highest BCUT2D eigenvalue weighted by molar-refractivity contribution is 5.80. The molecular formula is C22H27N5O2. The van der Waals surface area contributed by atoms with Gasteiger partial charge in [-0.1, -0.05) is 30.3 Å². The number of nitrogens with zero attached hydrogens (tertiary/aromatic N) is 4. The van der Waals surface area contributed by atoms with Gasteiger partial charge in [-0.15, -0.1) is 10.2 Å². The van der Waals surface area contributed by atoms with Crippen molar-refractivity contribution in [1.82, 2.24) is 15.1 Å². The smallest absolute Gasteiger partial charge is 0.225 e. The highest BCUT2D eigenvalue weighted by atomic mass is 16.2. The number of anilines is 1. The maximum atomic E-state index is 12.8. The third kappa shape index (κ3) is 4.39. The van der Waals surface area contributed by atoms with Gasteiger partial charge in [0, 0.05) is 43.6 Å². The second kappa shape index (κ2) is 8.59. The lowest BCUT2D eigenvalue weighted by molar-refractivity contribution is -0.139. The van der Waals surface area contributed by atoms with E-state index in [1.807, 2.05) is 47.4 Å². The number of aromatic nitrogens is 2. The molecule has 0 saturated carbocycles. The summed E-state index contributed by atoms with van der Waals surface area (Å²) in [5.41, 5.74) is 7.30. The van der Waals surface area contributed by atoms with Gasteiger partial charge in [0.1, 0.15) is 0 Å². The van der Waals surface area contributed by atoms with E-state index in [1.165, 1.54) is 0 Å². The summed E-state index contributed by atoms with van der Waals surface area (Å²) in [6.07, 6.45) is 3.00. The minimum Gasteiger partial charge on any atom is -0.369 e. The minimum atomic E-state index is -0.246. The number of primary amides is 1. The van der Waals surface area contributed by atoms with Crippen molar-refractivity contribution in [3.05, 3.63) is 42.5 Å². The summed E-state index contributed by atoms with van der Waals surface area (Å²) < 4.78 is 0. The standard InChI is InChI=1S/C22H27N5O2/c23-21(28)17-8-14-27(15-9-17)22(29)18-10-12-26(13-11-18)20-7-6-19(24-25-20)16-4-2-1-3-5-16/h1-7,17-18H,8-15H2,(H2,23,28). The van der Waals surface area contributed by atoms with Gasteiger partial charge in [0.15, 0.2) is 5.82 Å². The van der Waals surface area contributed by atoms with Crippen LogP contribution in [0.3, 0.4) is 0 Å². The molecule has 3 heterocycles. The van der Waals surface area contributed by atoms with E-state index in [-0.39, 0.29) is 23.7 Å². The average molecular weight is 393 g/mol. The highest BCUT2D eigenvalue weighted by Gasteiger charge is 2.32. The Morgan fingerprint density at radius 3 is 2.07 bits per heavy atom. The van der Waals surface area contributed by atoms with Gasteiger partial charge >= 0.3 is 0 Å². The van der Waals surface area contributed by atoms with Crippen molar-refractivity contribution in [2.75, 3.05) is 31.1 Å². The molecule has 0 aliphatic carbocycles. The zero-order chi connectivity index (χ0) is 20.2. The monoisotopic (exact) mass is 393 g/mol. The molecule has 0 radical (unpaired) electrons. The first kappa shape index (κ1) is 19.4. The Morgan fingerprint density at radius 2 is 1.48 bits per heavy atom. The molecule has 1 aromatic carbocycles. The molecule has 2 N–H and O–H groups in total. The van der Waals surface area contributed by atoms with E-state index in [2.05, 4.69) is 15.1 Å². The van der Waals surface area contributed by atoms with Crippen molar-refractivity contribution >= 4 is 17.6 Å². The lowest BCUT2D eigenvalue weighted by Gasteiger charge is -2.37. The maximum Gasteiger partial charge on any atom is 0.225 e. The number of carbonyl (C=O) groups is 2. The van der Waals surface area contributed by atoms with Gasteiger partial charge in [-0.25, -0.2) is 0 Å². The molecule has 1 aromatic heterocycles. The summed E-state index contributed by atoms with van der Waals surface area (Å²) in [6.45, 7) is 2.87. The fourth-order valence-electron chi connectivity index (χ4n) is 4.25. The van der Waals surface area contributed by atoms with Gasteiger partial charge in [-0.05, 0) is 37.8 Å². The second-order valence-corrected chi connectivity index (χ2v) is 7.91. The van der Waals surface area contributed by atoms with Crippen LogP contribution in [0.15, 0.2) is 42.5 Å². The lowest BCUT2D eigenvalue weighted by Crippen LogP contribution is -2.47. The van der Waals surface area contributed by atoms with Crippen LogP contribution in [0.4, 0.5) is 5.82 Å². The molecule has 7 heteroatoms. The van der Waals surface area contributed by atoms with Gasteiger partial charge in [0.25, 0.3) is 0 Å². The number of hydrogen-bond donors (Lipinski definition) is 1. The van der Waals surface area contributed by atoms with Crippen LogP contribution in [0, 0.1) is 11.8 Å². The van der Waals surface area contributed by atoms with Gasteiger partial charge < -0.3 is 15.5 Å². The molecular weight excluding hydrogens is 366 g/mol. The number of piperidine rings is 2. The number of likely N-dealkylation sites (tertiary alicyclic amines) is 1. The Bertz CT molecular complexity index is 839. The van der Waals surface area contributed by atoms with E-state index in [4.69, 9.17) is 5.73 Å². The molecule has 0 spiro atoms. The highest BCUT2D eigenvalue weighted by Crippen LogP contribution is 2.26. The fraction of sp³-hybridized carbons (Fsp3) is 0.455. The molecule has 2 saturated heterocycles. The van der Waals surface area contributed by atoms with Crippen molar-refractivity contribution in [2.24, 2.45) is 17.6 Å². The third-order valence-electron chi connectivity index (χ3n) is 6.10. The molecule has 2 aromatic rings. The van der Waals surface area contributed by atoms with Crippen LogP contribution in [0.1, 0.15) is 25.7 Å². The molecule has 2 aliphatic rings. The lowest BCUT2D eigenvalue weighted by atomic mass is 9.92. The van der Waals surface area contributed by atoms with E-state index >= 15 is 0 Å². The summed E-state index contributed by atoms with van der Waals surface area (Å²) in [4.78, 5) is 28.3. The quantitative estimate of drug-likeness (QED) is 0.859. The van der Waals surface area contributed by atoms with Crippen LogP contribution >= 0.6 is 0 Å². The summed E-state index contributed by atoms with van der Waals surface area (Å²) in [5.74, 6) is 0.798.